The van der Waals surface area contributed by atoms with Gasteiger partial charge in [-0.15, -0.1) is 0 Å². The molecule has 0 spiro atoms. The lowest BCUT2D eigenvalue weighted by atomic mass is 10.0. The minimum absolute atomic E-state index is 0.000197. The topological polar surface area (TPSA) is 119 Å². The minimum Gasteiger partial charge on any atom is -0.481 e. The highest BCUT2D eigenvalue weighted by Gasteiger charge is 2.03. The van der Waals surface area contributed by atoms with Crippen molar-refractivity contribution in [2.75, 3.05) is 85.9 Å². The number of aliphatic carboxylic acids is 1. The van der Waals surface area contributed by atoms with E-state index in [-0.39, 0.29) is 25.6 Å². The van der Waals surface area contributed by atoms with Gasteiger partial charge in [0.1, 0.15) is 6.61 Å². The summed E-state index contributed by atoms with van der Waals surface area (Å²) in [4.78, 5) is 22.2. The zero-order valence-corrected chi connectivity index (χ0v) is 27.3. The molecule has 1 N–H and O–H groups in total. The molecule has 0 aliphatic heterocycles. The molecule has 0 aromatic carbocycles. The molecule has 0 rings (SSSR count). The maximum Gasteiger partial charge on any atom is 0.305 e. The SMILES string of the molecule is CCCCCCCCCCCCCCCCCC(=O)OCCOCCOCCOCCOCCOCCOCCC(=O)O. The molecular weight excluding hydrogens is 556 g/mol. The number of esters is 1. The molecule has 0 aromatic heterocycles. The lowest BCUT2D eigenvalue weighted by Gasteiger charge is -2.08. The van der Waals surface area contributed by atoms with E-state index in [1.807, 2.05) is 0 Å². The third-order valence-corrected chi connectivity index (χ3v) is 6.80. The van der Waals surface area contributed by atoms with Crippen molar-refractivity contribution in [2.45, 2.75) is 116 Å². The van der Waals surface area contributed by atoms with E-state index in [9.17, 15) is 9.59 Å². The lowest BCUT2D eigenvalue weighted by molar-refractivity contribution is -0.145. The van der Waals surface area contributed by atoms with Gasteiger partial charge in [-0.25, -0.2) is 0 Å². The van der Waals surface area contributed by atoms with E-state index in [4.69, 9.17) is 38.3 Å². The second-order valence-corrected chi connectivity index (χ2v) is 10.7. The highest BCUT2D eigenvalue weighted by molar-refractivity contribution is 5.69. The Balaban J connectivity index is 3.15. The molecule has 0 unspecified atom stereocenters. The molecule has 0 saturated carbocycles. The molecule has 10 nitrogen and oxygen atoms in total. The van der Waals surface area contributed by atoms with E-state index >= 15 is 0 Å². The van der Waals surface area contributed by atoms with Crippen LogP contribution in [0.5, 0.6) is 0 Å². The van der Waals surface area contributed by atoms with E-state index in [1.54, 1.807) is 0 Å². The van der Waals surface area contributed by atoms with Crippen LogP contribution in [0, 0.1) is 0 Å². The van der Waals surface area contributed by atoms with Gasteiger partial charge in [-0.2, -0.15) is 0 Å². The van der Waals surface area contributed by atoms with Crippen molar-refractivity contribution in [3.63, 3.8) is 0 Å². The quantitative estimate of drug-likeness (QED) is 0.0620. The van der Waals surface area contributed by atoms with Crippen LogP contribution < -0.4 is 0 Å². The molecule has 0 bridgehead atoms. The van der Waals surface area contributed by atoms with Crippen LogP contribution in [0.1, 0.15) is 116 Å². The largest absolute Gasteiger partial charge is 0.481 e. The first-order valence-electron chi connectivity index (χ1n) is 17.0. The first-order valence-corrected chi connectivity index (χ1v) is 17.0. The molecule has 0 atom stereocenters. The van der Waals surface area contributed by atoms with Gasteiger partial charge in [0.05, 0.1) is 85.7 Å². The summed E-state index contributed by atoms with van der Waals surface area (Å²) in [5.41, 5.74) is 0. The van der Waals surface area contributed by atoms with Crippen molar-refractivity contribution in [3.05, 3.63) is 0 Å². The highest BCUT2D eigenvalue weighted by Crippen LogP contribution is 2.13. The zero-order chi connectivity index (χ0) is 31.3. The second-order valence-electron chi connectivity index (χ2n) is 10.7. The first kappa shape index (κ1) is 41.7. The number of unbranched alkanes of at least 4 members (excludes halogenated alkanes) is 14. The summed E-state index contributed by atoms with van der Waals surface area (Å²) in [7, 11) is 0. The average Bonchev–Trinajstić information content (AvgIpc) is 2.99. The molecule has 256 valence electrons. The van der Waals surface area contributed by atoms with Gasteiger partial charge in [0.2, 0.25) is 0 Å². The number of rotatable bonds is 37. The van der Waals surface area contributed by atoms with Gasteiger partial charge in [0.25, 0.3) is 0 Å². The Hall–Kier alpha value is -1.30. The normalized spacial score (nSPS) is 11.3. The number of hydrogen-bond donors (Lipinski definition) is 1. The Morgan fingerprint density at radius 3 is 1.05 bits per heavy atom. The molecule has 0 aliphatic carbocycles. The van der Waals surface area contributed by atoms with E-state index < -0.39 is 5.97 Å². The maximum absolute atomic E-state index is 11.8. The zero-order valence-electron chi connectivity index (χ0n) is 27.3. The predicted octanol–water partition coefficient (Wildman–Crippen LogP) is 6.37. The third-order valence-electron chi connectivity index (χ3n) is 6.80. The predicted molar refractivity (Wildman–Crippen MR) is 168 cm³/mol. The number of carbonyl (C=O) groups is 2. The van der Waals surface area contributed by atoms with E-state index in [1.165, 1.54) is 83.5 Å². The van der Waals surface area contributed by atoms with Crippen LogP contribution in [0.25, 0.3) is 0 Å². The van der Waals surface area contributed by atoms with Crippen molar-refractivity contribution in [2.24, 2.45) is 0 Å². The van der Waals surface area contributed by atoms with E-state index in [0.29, 0.717) is 79.1 Å². The van der Waals surface area contributed by atoms with Crippen LogP contribution in [0.3, 0.4) is 0 Å². The molecule has 10 heteroatoms. The molecule has 0 saturated heterocycles. The third kappa shape index (κ3) is 38.7. The van der Waals surface area contributed by atoms with Crippen LogP contribution in [0.4, 0.5) is 0 Å². The fourth-order valence-corrected chi connectivity index (χ4v) is 4.29. The summed E-state index contributed by atoms with van der Waals surface area (Å²) in [6.45, 7) is 7.62. The highest BCUT2D eigenvalue weighted by atomic mass is 16.6. The van der Waals surface area contributed by atoms with Crippen LogP contribution in [0.2, 0.25) is 0 Å². The number of hydrogen-bond acceptors (Lipinski definition) is 9. The molecule has 0 amide bonds. The maximum atomic E-state index is 11.8. The standard InChI is InChI=1S/C33H64O10/c1-2-3-4-5-6-7-8-9-10-11-12-13-14-15-16-17-33(36)43-31-30-42-29-28-41-27-26-40-25-24-39-23-22-38-21-20-37-19-18-32(34)35/h2-31H2,1H3,(H,34,35). The molecule has 0 fully saturated rings. The Morgan fingerprint density at radius 1 is 0.395 bits per heavy atom. The van der Waals surface area contributed by atoms with E-state index in [0.717, 1.165) is 12.8 Å². The molecular formula is C33H64O10. The van der Waals surface area contributed by atoms with Crippen molar-refractivity contribution < 1.29 is 47.9 Å². The number of carbonyl (C=O) groups excluding carboxylic acids is 1. The van der Waals surface area contributed by atoms with Crippen molar-refractivity contribution in [3.8, 4) is 0 Å². The summed E-state index contributed by atoms with van der Waals surface area (Å²) in [5.74, 6) is -1.01. The van der Waals surface area contributed by atoms with Crippen molar-refractivity contribution in [1.29, 1.82) is 0 Å². The number of carboxylic acids is 1. The summed E-state index contributed by atoms with van der Waals surface area (Å²) in [6.07, 6.45) is 20.2. The monoisotopic (exact) mass is 620 g/mol. The first-order chi connectivity index (χ1) is 21.2. The molecule has 0 heterocycles. The Kier molecular flexibility index (Phi) is 35.8. The van der Waals surface area contributed by atoms with Gasteiger partial charge in [-0.05, 0) is 6.42 Å². The fraction of sp³-hybridized carbons (Fsp3) is 0.939. The molecule has 0 radical (unpaired) electrons. The van der Waals surface area contributed by atoms with Crippen LogP contribution >= 0.6 is 0 Å². The summed E-state index contributed by atoms with van der Waals surface area (Å²) in [6, 6.07) is 0. The number of ether oxygens (including phenoxy) is 7. The average molecular weight is 621 g/mol. The van der Waals surface area contributed by atoms with Gasteiger partial charge >= 0.3 is 11.9 Å². The van der Waals surface area contributed by atoms with Crippen LogP contribution in [-0.2, 0) is 42.7 Å². The minimum atomic E-state index is -0.872. The fourth-order valence-electron chi connectivity index (χ4n) is 4.29. The molecule has 0 aliphatic rings. The Bertz CT molecular complexity index is 576. The summed E-state index contributed by atoms with van der Waals surface area (Å²) < 4.78 is 37.4. The smallest absolute Gasteiger partial charge is 0.305 e. The van der Waals surface area contributed by atoms with Crippen LogP contribution in [0.15, 0.2) is 0 Å². The van der Waals surface area contributed by atoms with Crippen LogP contribution in [-0.4, -0.2) is 103 Å². The molecule has 43 heavy (non-hydrogen) atoms. The van der Waals surface area contributed by atoms with Gasteiger partial charge in [0, 0.05) is 6.42 Å². The van der Waals surface area contributed by atoms with Gasteiger partial charge in [0.15, 0.2) is 0 Å². The summed E-state index contributed by atoms with van der Waals surface area (Å²) >= 11 is 0. The van der Waals surface area contributed by atoms with Crippen molar-refractivity contribution in [1.82, 2.24) is 0 Å². The summed E-state index contributed by atoms with van der Waals surface area (Å²) in [5, 5.41) is 8.49. The van der Waals surface area contributed by atoms with Crippen molar-refractivity contribution >= 4 is 11.9 Å². The second kappa shape index (κ2) is 36.9. The van der Waals surface area contributed by atoms with Gasteiger partial charge in [-0.1, -0.05) is 96.8 Å². The van der Waals surface area contributed by atoms with E-state index in [2.05, 4.69) is 6.92 Å². The lowest BCUT2D eigenvalue weighted by Crippen LogP contribution is -2.15. The Morgan fingerprint density at radius 2 is 0.698 bits per heavy atom. The molecule has 0 aromatic rings. The van der Waals surface area contributed by atoms with Gasteiger partial charge < -0.3 is 38.3 Å². The van der Waals surface area contributed by atoms with Gasteiger partial charge in [-0.3, -0.25) is 9.59 Å². The Labute approximate surface area is 261 Å². The number of carboxylic acid groups (broad SMARTS) is 1.